The van der Waals surface area contributed by atoms with Crippen molar-refractivity contribution in [1.29, 1.82) is 0 Å². The van der Waals surface area contributed by atoms with Gasteiger partial charge in [-0.25, -0.2) is 0 Å². The second kappa shape index (κ2) is 5.71. The molecule has 0 rings (SSSR count). The summed E-state index contributed by atoms with van der Waals surface area (Å²) < 4.78 is 0. The summed E-state index contributed by atoms with van der Waals surface area (Å²) in [4.78, 5) is 10.7. The first kappa shape index (κ1) is 9.95. The van der Waals surface area contributed by atoms with E-state index in [0.29, 0.717) is 0 Å². The maximum Gasteiger partial charge on any atom is 0.243 e. The van der Waals surface area contributed by atoms with Gasteiger partial charge in [-0.3, -0.25) is 4.79 Å². The van der Waals surface area contributed by atoms with E-state index in [1.807, 2.05) is 19.1 Å². The summed E-state index contributed by atoms with van der Waals surface area (Å²) in [7, 11) is 1.62. The van der Waals surface area contributed by atoms with Crippen LogP contribution in [0.5, 0.6) is 0 Å². The number of allylic oxidation sites excluding steroid dienone is 3. The first-order chi connectivity index (χ1) is 5.24. The summed E-state index contributed by atoms with van der Waals surface area (Å²) in [5.74, 6) is -0.0576. The number of carbonyl (C=O) groups is 1. The maximum absolute atomic E-state index is 10.7. The van der Waals surface area contributed by atoms with Gasteiger partial charge in [0.25, 0.3) is 0 Å². The first-order valence-electron chi connectivity index (χ1n) is 3.79. The smallest absolute Gasteiger partial charge is 0.243 e. The van der Waals surface area contributed by atoms with Gasteiger partial charge < -0.3 is 5.32 Å². The van der Waals surface area contributed by atoms with E-state index < -0.39 is 0 Å². The van der Waals surface area contributed by atoms with Gasteiger partial charge in [-0.2, -0.15) is 0 Å². The fourth-order valence-electron chi connectivity index (χ4n) is 0.684. The highest BCUT2D eigenvalue weighted by atomic mass is 16.1. The standard InChI is InChI=1S/C9H15NO/c1-4-8(5-2)6-7-9(11)10-3/h4,6-7H,5H2,1-3H3,(H,10,11). The molecule has 11 heavy (non-hydrogen) atoms. The van der Waals surface area contributed by atoms with Gasteiger partial charge in [0, 0.05) is 13.1 Å². The lowest BCUT2D eigenvalue weighted by atomic mass is 10.2. The van der Waals surface area contributed by atoms with Crippen LogP contribution in [0.25, 0.3) is 0 Å². The number of likely N-dealkylation sites (N-methyl/N-ethyl adjacent to an activating group) is 1. The number of hydrogen-bond donors (Lipinski definition) is 1. The summed E-state index contributed by atoms with van der Waals surface area (Å²) in [5.41, 5.74) is 1.17. The molecule has 0 saturated carbocycles. The van der Waals surface area contributed by atoms with E-state index in [0.717, 1.165) is 6.42 Å². The number of hydrogen-bond acceptors (Lipinski definition) is 1. The third-order valence-electron chi connectivity index (χ3n) is 1.47. The molecule has 0 atom stereocenters. The minimum atomic E-state index is -0.0576. The molecule has 0 aliphatic carbocycles. The van der Waals surface area contributed by atoms with Crippen molar-refractivity contribution in [3.8, 4) is 0 Å². The van der Waals surface area contributed by atoms with Crippen LogP contribution in [0.4, 0.5) is 0 Å². The second-order valence-corrected chi connectivity index (χ2v) is 2.16. The fourth-order valence-corrected chi connectivity index (χ4v) is 0.684. The number of amides is 1. The van der Waals surface area contributed by atoms with Crippen LogP contribution in [0.1, 0.15) is 20.3 Å². The van der Waals surface area contributed by atoms with Gasteiger partial charge in [0.2, 0.25) is 5.91 Å². The zero-order chi connectivity index (χ0) is 8.69. The molecule has 2 nitrogen and oxygen atoms in total. The van der Waals surface area contributed by atoms with Crippen LogP contribution in [-0.4, -0.2) is 13.0 Å². The van der Waals surface area contributed by atoms with Crippen LogP contribution in [0.2, 0.25) is 0 Å². The summed E-state index contributed by atoms with van der Waals surface area (Å²) in [6, 6.07) is 0. The quantitative estimate of drug-likeness (QED) is 0.484. The van der Waals surface area contributed by atoms with E-state index in [2.05, 4.69) is 12.2 Å². The molecule has 0 aliphatic rings. The number of rotatable bonds is 3. The highest BCUT2D eigenvalue weighted by Gasteiger charge is 1.88. The van der Waals surface area contributed by atoms with Gasteiger partial charge in [0.15, 0.2) is 0 Å². The minimum Gasteiger partial charge on any atom is -0.356 e. The van der Waals surface area contributed by atoms with Crippen LogP contribution in [0.3, 0.4) is 0 Å². The van der Waals surface area contributed by atoms with Crippen molar-refractivity contribution in [2.75, 3.05) is 7.05 Å². The molecule has 0 aromatic heterocycles. The average molecular weight is 153 g/mol. The maximum atomic E-state index is 10.7. The Kier molecular flexibility index (Phi) is 5.17. The van der Waals surface area contributed by atoms with Crippen molar-refractivity contribution < 1.29 is 4.79 Å². The third kappa shape index (κ3) is 4.37. The molecule has 0 aromatic carbocycles. The molecule has 0 saturated heterocycles. The van der Waals surface area contributed by atoms with Gasteiger partial charge in [-0.1, -0.05) is 24.6 Å². The number of carbonyl (C=O) groups excluding carboxylic acids is 1. The highest BCUT2D eigenvalue weighted by Crippen LogP contribution is 2.00. The predicted molar refractivity (Wildman–Crippen MR) is 47.3 cm³/mol. The average Bonchev–Trinajstić information content (AvgIpc) is 2.06. The lowest BCUT2D eigenvalue weighted by Gasteiger charge is -1.93. The van der Waals surface area contributed by atoms with Crippen molar-refractivity contribution in [3.63, 3.8) is 0 Å². The van der Waals surface area contributed by atoms with E-state index in [4.69, 9.17) is 0 Å². The van der Waals surface area contributed by atoms with Crippen LogP contribution < -0.4 is 5.32 Å². The molecule has 0 aromatic rings. The SMILES string of the molecule is CC=C(C=CC(=O)NC)CC. The van der Waals surface area contributed by atoms with Gasteiger partial charge >= 0.3 is 0 Å². The lowest BCUT2D eigenvalue weighted by molar-refractivity contribution is -0.116. The summed E-state index contributed by atoms with van der Waals surface area (Å²) >= 11 is 0. The lowest BCUT2D eigenvalue weighted by Crippen LogP contribution is -2.13. The van der Waals surface area contributed by atoms with E-state index in [1.54, 1.807) is 13.1 Å². The topological polar surface area (TPSA) is 29.1 Å². The molecule has 0 fully saturated rings. The molecular weight excluding hydrogens is 138 g/mol. The highest BCUT2D eigenvalue weighted by molar-refractivity contribution is 5.87. The van der Waals surface area contributed by atoms with Crippen molar-refractivity contribution in [2.24, 2.45) is 0 Å². The van der Waals surface area contributed by atoms with Crippen LogP contribution in [0.15, 0.2) is 23.8 Å². The Bertz CT molecular complexity index is 180. The van der Waals surface area contributed by atoms with Gasteiger partial charge in [0.1, 0.15) is 0 Å². The second-order valence-electron chi connectivity index (χ2n) is 2.16. The Balaban J connectivity index is 4.00. The van der Waals surface area contributed by atoms with Gasteiger partial charge in [0.05, 0.1) is 0 Å². The van der Waals surface area contributed by atoms with Crippen LogP contribution >= 0.6 is 0 Å². The molecule has 0 bridgehead atoms. The summed E-state index contributed by atoms with van der Waals surface area (Å²) in [6.45, 7) is 4.02. The Labute approximate surface area is 68.0 Å². The van der Waals surface area contributed by atoms with E-state index in [9.17, 15) is 4.79 Å². The van der Waals surface area contributed by atoms with E-state index in [1.165, 1.54) is 5.57 Å². The molecule has 62 valence electrons. The Hall–Kier alpha value is -1.05. The molecule has 0 heterocycles. The van der Waals surface area contributed by atoms with Gasteiger partial charge in [-0.15, -0.1) is 0 Å². The largest absolute Gasteiger partial charge is 0.356 e. The van der Waals surface area contributed by atoms with Gasteiger partial charge in [-0.05, 0) is 13.3 Å². The predicted octanol–water partition coefficient (Wildman–Crippen LogP) is 1.64. The first-order valence-corrected chi connectivity index (χ1v) is 3.79. The molecule has 1 amide bonds. The normalized spacial score (nSPS) is 12.1. The zero-order valence-corrected chi connectivity index (χ0v) is 7.35. The molecule has 0 radical (unpaired) electrons. The Morgan fingerprint density at radius 1 is 1.45 bits per heavy atom. The summed E-state index contributed by atoms with van der Waals surface area (Å²) in [6.07, 6.45) is 6.33. The number of nitrogens with one attached hydrogen (secondary N) is 1. The molecule has 2 heteroatoms. The Morgan fingerprint density at radius 2 is 2.09 bits per heavy atom. The molecule has 1 N–H and O–H groups in total. The molecule has 0 aliphatic heterocycles. The minimum absolute atomic E-state index is 0.0576. The van der Waals surface area contributed by atoms with E-state index >= 15 is 0 Å². The fraction of sp³-hybridized carbons (Fsp3) is 0.444. The van der Waals surface area contributed by atoms with Crippen molar-refractivity contribution in [3.05, 3.63) is 23.8 Å². The van der Waals surface area contributed by atoms with Crippen LogP contribution in [-0.2, 0) is 4.79 Å². The monoisotopic (exact) mass is 153 g/mol. The van der Waals surface area contributed by atoms with Crippen molar-refractivity contribution in [2.45, 2.75) is 20.3 Å². The molecule has 0 unspecified atom stereocenters. The van der Waals surface area contributed by atoms with Crippen molar-refractivity contribution >= 4 is 5.91 Å². The third-order valence-corrected chi connectivity index (χ3v) is 1.47. The molecule has 0 spiro atoms. The van der Waals surface area contributed by atoms with Crippen molar-refractivity contribution in [1.82, 2.24) is 5.32 Å². The zero-order valence-electron chi connectivity index (χ0n) is 7.35. The van der Waals surface area contributed by atoms with Crippen LogP contribution in [0, 0.1) is 0 Å². The summed E-state index contributed by atoms with van der Waals surface area (Å²) in [5, 5.41) is 2.52. The van der Waals surface area contributed by atoms with E-state index in [-0.39, 0.29) is 5.91 Å². The Morgan fingerprint density at radius 3 is 2.45 bits per heavy atom. The molecular formula is C9H15NO.